The van der Waals surface area contributed by atoms with Crippen LogP contribution in [0, 0.1) is 45.8 Å². The van der Waals surface area contributed by atoms with Crippen LogP contribution in [0.15, 0.2) is 23.3 Å². The van der Waals surface area contributed by atoms with Crippen molar-refractivity contribution in [3.8, 4) is 0 Å². The van der Waals surface area contributed by atoms with E-state index in [1.54, 1.807) is 0 Å². The molecule has 0 aromatic heterocycles. The van der Waals surface area contributed by atoms with Gasteiger partial charge in [0, 0.05) is 23.0 Å². The van der Waals surface area contributed by atoms with Gasteiger partial charge in [0.15, 0.2) is 6.29 Å². The van der Waals surface area contributed by atoms with Crippen LogP contribution >= 0.6 is 11.6 Å². The molecule has 5 aliphatic rings. The Kier molecular flexibility index (Phi) is 6.55. The van der Waals surface area contributed by atoms with E-state index >= 15 is 0 Å². The minimum absolute atomic E-state index is 0.0210. The lowest BCUT2D eigenvalue weighted by atomic mass is 9.43. The third-order valence-corrected chi connectivity index (χ3v) is 11.1. The number of halogens is 1. The molecule has 0 spiro atoms. The normalized spacial score (nSPS) is 47.6. The van der Waals surface area contributed by atoms with E-state index in [0.717, 1.165) is 31.1 Å². The first-order chi connectivity index (χ1) is 16.9. The SMILES string of the molecule is C=C(Cl)CN1C[C@H](OCC23C[C@@H]4[C@H](C)CC[C@H]4C4(C=O)CC2C=C(C(C)C)[C@@]34C(=O)O)O[C@H](C)[C@H]1C. The summed E-state index contributed by atoms with van der Waals surface area (Å²) < 4.78 is 12.8. The van der Waals surface area contributed by atoms with Crippen molar-refractivity contribution in [1.29, 1.82) is 0 Å². The number of aldehydes is 1. The van der Waals surface area contributed by atoms with Crippen LogP contribution in [0.25, 0.3) is 0 Å². The average Bonchev–Trinajstić information content (AvgIpc) is 3.38. The van der Waals surface area contributed by atoms with Gasteiger partial charge in [-0.25, -0.2) is 0 Å². The van der Waals surface area contributed by atoms with Crippen molar-refractivity contribution >= 4 is 23.9 Å². The Morgan fingerprint density at radius 3 is 2.67 bits per heavy atom. The smallest absolute Gasteiger partial charge is 0.315 e. The largest absolute Gasteiger partial charge is 0.481 e. The van der Waals surface area contributed by atoms with Crippen molar-refractivity contribution in [3.63, 3.8) is 0 Å². The van der Waals surface area contributed by atoms with Gasteiger partial charge in [0.05, 0.1) is 24.7 Å². The molecule has 7 heteroatoms. The molecule has 5 rings (SSSR count). The van der Waals surface area contributed by atoms with Crippen LogP contribution in [-0.2, 0) is 19.1 Å². The summed E-state index contributed by atoms with van der Waals surface area (Å²) in [7, 11) is 0. The minimum Gasteiger partial charge on any atom is -0.481 e. The van der Waals surface area contributed by atoms with Gasteiger partial charge in [0.1, 0.15) is 11.7 Å². The quantitative estimate of drug-likeness (QED) is 0.354. The molecule has 0 aromatic rings. The molecule has 4 fully saturated rings. The Balaban J connectivity index is 1.53. The van der Waals surface area contributed by atoms with Crippen LogP contribution in [0.4, 0.5) is 0 Å². The minimum atomic E-state index is -1.22. The number of hydrogen-bond acceptors (Lipinski definition) is 5. The van der Waals surface area contributed by atoms with Crippen molar-refractivity contribution in [1.82, 2.24) is 4.90 Å². The van der Waals surface area contributed by atoms with Gasteiger partial charge >= 0.3 is 5.97 Å². The molecule has 3 saturated carbocycles. The third kappa shape index (κ3) is 3.26. The first-order valence-corrected chi connectivity index (χ1v) is 14.1. The number of carboxylic acids is 1. The number of nitrogens with zero attached hydrogens (tertiary/aromatic N) is 1. The standard InChI is InChI=1S/C29H42ClNO5/c1-16(2)24-9-21-10-27(14-32)23-8-7-17(3)22(23)11-28(21,29(24,27)26(33)34)15-35-25-13-31(12-18(4)30)19(5)20(6)36-25/h9,14,16-17,19-23,25H,4,7-8,10-13,15H2,1-3,5-6H3,(H,33,34)/t17-,19-,20-,21?,22-,23-,25-,27?,28?,29+/m1/s1. The molecule has 4 bridgehead atoms. The Labute approximate surface area is 220 Å². The van der Waals surface area contributed by atoms with Crippen molar-refractivity contribution in [2.24, 2.45) is 45.8 Å². The van der Waals surface area contributed by atoms with Gasteiger partial charge in [-0.1, -0.05) is 57.0 Å². The summed E-state index contributed by atoms with van der Waals surface area (Å²) in [5, 5.41) is 11.7. The van der Waals surface area contributed by atoms with Crippen LogP contribution in [0.2, 0.25) is 0 Å². The molecule has 1 saturated heterocycles. The first kappa shape index (κ1) is 26.4. The maximum absolute atomic E-state index is 13.5. The number of hydrogen-bond donors (Lipinski definition) is 1. The van der Waals surface area contributed by atoms with Crippen molar-refractivity contribution < 1.29 is 24.2 Å². The van der Waals surface area contributed by atoms with Crippen molar-refractivity contribution in [3.05, 3.63) is 23.3 Å². The highest BCUT2D eigenvalue weighted by Gasteiger charge is 2.84. The summed E-state index contributed by atoms with van der Waals surface area (Å²) in [6.45, 7) is 15.8. The van der Waals surface area contributed by atoms with E-state index in [9.17, 15) is 14.7 Å². The molecule has 6 nitrogen and oxygen atoms in total. The molecule has 1 N–H and O–H groups in total. The predicted octanol–water partition coefficient (Wildman–Crippen LogP) is 5.12. The Morgan fingerprint density at radius 2 is 2.06 bits per heavy atom. The maximum atomic E-state index is 13.5. The molecule has 0 amide bonds. The topological polar surface area (TPSA) is 76.1 Å². The third-order valence-electron chi connectivity index (χ3n) is 11.0. The molecule has 0 aromatic carbocycles. The lowest BCUT2D eigenvalue weighted by molar-refractivity contribution is -0.245. The van der Waals surface area contributed by atoms with E-state index in [-0.39, 0.29) is 36.5 Å². The molecule has 0 radical (unpaired) electrons. The second-order valence-corrected chi connectivity index (χ2v) is 13.3. The number of aliphatic carboxylic acids is 1. The molecule has 10 atom stereocenters. The summed E-state index contributed by atoms with van der Waals surface area (Å²) in [4.78, 5) is 28.9. The van der Waals surface area contributed by atoms with E-state index in [4.69, 9.17) is 21.1 Å². The summed E-state index contributed by atoms with van der Waals surface area (Å²) in [6.07, 6.45) is 6.14. The summed E-state index contributed by atoms with van der Waals surface area (Å²) >= 11 is 6.14. The molecular weight excluding hydrogens is 478 g/mol. The molecular formula is C29H42ClNO5. The Morgan fingerprint density at radius 1 is 1.33 bits per heavy atom. The number of carbonyl (C=O) groups is 2. The molecule has 3 unspecified atom stereocenters. The summed E-state index contributed by atoms with van der Waals surface area (Å²) in [5.74, 6) is 0.182. The zero-order chi connectivity index (χ0) is 26.2. The fourth-order valence-electron chi connectivity index (χ4n) is 9.45. The number of rotatable bonds is 8. The Bertz CT molecular complexity index is 981. The van der Waals surface area contributed by atoms with Gasteiger partial charge in [-0.3, -0.25) is 9.69 Å². The van der Waals surface area contributed by atoms with Gasteiger partial charge in [-0.2, -0.15) is 0 Å². The van der Waals surface area contributed by atoms with Crippen LogP contribution in [0.5, 0.6) is 0 Å². The highest BCUT2D eigenvalue weighted by molar-refractivity contribution is 6.29. The van der Waals surface area contributed by atoms with E-state index in [0.29, 0.717) is 36.4 Å². The number of allylic oxidation sites excluding steroid dienone is 1. The highest BCUT2D eigenvalue weighted by Crippen LogP contribution is 2.82. The van der Waals surface area contributed by atoms with Gasteiger partial charge in [-0.15, -0.1) is 0 Å². The highest BCUT2D eigenvalue weighted by atomic mass is 35.5. The fourth-order valence-corrected chi connectivity index (χ4v) is 9.60. The van der Waals surface area contributed by atoms with Gasteiger partial charge in [0.2, 0.25) is 0 Å². The zero-order valence-corrected chi connectivity index (χ0v) is 23.1. The van der Waals surface area contributed by atoms with Crippen LogP contribution < -0.4 is 0 Å². The van der Waals surface area contributed by atoms with Crippen molar-refractivity contribution in [2.75, 3.05) is 19.7 Å². The second kappa shape index (κ2) is 8.93. The summed E-state index contributed by atoms with van der Waals surface area (Å²) in [5.41, 5.74) is -1.79. The fraction of sp³-hybridized carbons (Fsp3) is 0.793. The average molecular weight is 520 g/mol. The van der Waals surface area contributed by atoms with E-state index in [1.165, 1.54) is 0 Å². The van der Waals surface area contributed by atoms with Crippen LogP contribution in [0.1, 0.15) is 60.3 Å². The van der Waals surface area contributed by atoms with Gasteiger partial charge < -0.3 is 19.4 Å². The molecule has 4 aliphatic carbocycles. The monoisotopic (exact) mass is 519 g/mol. The lowest BCUT2D eigenvalue weighted by Crippen LogP contribution is -2.64. The molecule has 36 heavy (non-hydrogen) atoms. The van der Waals surface area contributed by atoms with Gasteiger partial charge in [0.25, 0.3) is 0 Å². The van der Waals surface area contributed by atoms with Crippen LogP contribution in [-0.4, -0.2) is 60.4 Å². The lowest BCUT2D eigenvalue weighted by Gasteiger charge is -2.58. The van der Waals surface area contributed by atoms with E-state index in [1.807, 2.05) is 6.92 Å². The number of morpholine rings is 1. The zero-order valence-electron chi connectivity index (χ0n) is 22.3. The maximum Gasteiger partial charge on any atom is 0.315 e. The second-order valence-electron chi connectivity index (χ2n) is 12.8. The molecule has 200 valence electrons. The number of fused-ring (bicyclic) bond motifs is 2. The predicted molar refractivity (Wildman–Crippen MR) is 138 cm³/mol. The Hall–Kier alpha value is -1.21. The number of ether oxygens (including phenoxy) is 2. The van der Waals surface area contributed by atoms with E-state index in [2.05, 4.69) is 45.2 Å². The first-order valence-electron chi connectivity index (χ1n) is 13.7. The number of carboxylic acid groups (broad SMARTS) is 1. The molecule has 1 heterocycles. The van der Waals surface area contributed by atoms with Crippen LogP contribution in [0.3, 0.4) is 0 Å². The van der Waals surface area contributed by atoms with Crippen molar-refractivity contribution in [2.45, 2.75) is 78.7 Å². The van der Waals surface area contributed by atoms with Gasteiger partial charge in [-0.05, 0) is 62.7 Å². The number of carbonyl (C=O) groups excluding carboxylic acids is 1. The summed E-state index contributed by atoms with van der Waals surface area (Å²) in [6, 6.07) is 0.165. The molecule has 1 aliphatic heterocycles. The van der Waals surface area contributed by atoms with E-state index < -0.39 is 28.5 Å².